The summed E-state index contributed by atoms with van der Waals surface area (Å²) in [6.07, 6.45) is 3.92. The summed E-state index contributed by atoms with van der Waals surface area (Å²) in [7, 11) is -1.74. The van der Waals surface area contributed by atoms with Crippen LogP contribution in [-0.2, 0) is 21.9 Å². The third-order valence-corrected chi connectivity index (χ3v) is 5.67. The van der Waals surface area contributed by atoms with Crippen molar-refractivity contribution < 1.29 is 18.3 Å². The number of carboxylic acid groups (broad SMARTS) is 1. The van der Waals surface area contributed by atoms with E-state index in [2.05, 4.69) is 0 Å². The zero-order chi connectivity index (χ0) is 14.3. The number of rotatable bonds is 3. The average molecular weight is 286 g/mol. The predicted octanol–water partition coefficient (Wildman–Crippen LogP) is 0.901. The molecule has 1 fully saturated rings. The molecule has 0 radical (unpaired) electrons. The lowest BCUT2D eigenvalue weighted by Crippen LogP contribution is -2.45. The number of hydrogen-bond donors (Lipinski definition) is 1. The van der Waals surface area contributed by atoms with Gasteiger partial charge in [-0.2, -0.15) is 4.31 Å². The number of aromatic nitrogens is 1. The highest BCUT2D eigenvalue weighted by Crippen LogP contribution is 2.33. The van der Waals surface area contributed by atoms with Crippen LogP contribution in [0, 0.1) is 5.41 Å². The molecule has 2 rings (SSSR count). The third-order valence-electron chi connectivity index (χ3n) is 3.78. The molecular formula is C12H18N2O4S. The molecule has 7 heteroatoms. The summed E-state index contributed by atoms with van der Waals surface area (Å²) in [5.41, 5.74) is -0.817. The third kappa shape index (κ3) is 2.52. The zero-order valence-corrected chi connectivity index (χ0v) is 11.9. The topological polar surface area (TPSA) is 79.6 Å². The number of nitrogens with zero attached hydrogens (tertiary/aromatic N) is 2. The maximum absolute atomic E-state index is 12.3. The van der Waals surface area contributed by atoms with Gasteiger partial charge in [0.1, 0.15) is 0 Å². The first-order valence-corrected chi connectivity index (χ1v) is 7.55. The molecule has 0 bridgehead atoms. The van der Waals surface area contributed by atoms with E-state index in [4.69, 9.17) is 5.11 Å². The number of carboxylic acids is 1. The molecule has 1 aliphatic rings. The minimum Gasteiger partial charge on any atom is -0.481 e. The normalized spacial score (nSPS) is 20.3. The zero-order valence-electron chi connectivity index (χ0n) is 11.0. The maximum atomic E-state index is 12.3. The van der Waals surface area contributed by atoms with E-state index < -0.39 is 21.4 Å². The summed E-state index contributed by atoms with van der Waals surface area (Å²) in [4.78, 5) is 11.4. The van der Waals surface area contributed by atoms with E-state index in [0.717, 1.165) is 0 Å². The van der Waals surface area contributed by atoms with Crippen molar-refractivity contribution in [3.05, 3.63) is 18.5 Å². The van der Waals surface area contributed by atoms with Gasteiger partial charge in [0.05, 0.1) is 10.3 Å². The van der Waals surface area contributed by atoms with Gasteiger partial charge < -0.3 is 9.67 Å². The standard InChI is InChI=1S/C12H18N2O4S/c1-12(11(15)16)4-7-14(8-5-12)19(17,18)10-3-6-13(2)9-10/h3,6,9H,4-5,7-8H2,1-2H3,(H,15,16). The Morgan fingerprint density at radius 2 is 1.95 bits per heavy atom. The molecule has 0 saturated carbocycles. The predicted molar refractivity (Wildman–Crippen MR) is 69.1 cm³/mol. The van der Waals surface area contributed by atoms with E-state index in [1.54, 1.807) is 37.0 Å². The molecule has 2 heterocycles. The Kier molecular flexibility index (Phi) is 3.44. The molecule has 19 heavy (non-hydrogen) atoms. The summed E-state index contributed by atoms with van der Waals surface area (Å²) in [5.74, 6) is -0.857. The minimum absolute atomic E-state index is 0.250. The Balaban J connectivity index is 2.16. The van der Waals surface area contributed by atoms with Crippen LogP contribution < -0.4 is 0 Å². The van der Waals surface area contributed by atoms with Crippen LogP contribution in [0.5, 0.6) is 0 Å². The number of sulfonamides is 1. The number of hydrogen-bond acceptors (Lipinski definition) is 3. The van der Waals surface area contributed by atoms with E-state index in [-0.39, 0.29) is 18.0 Å². The Morgan fingerprint density at radius 3 is 2.37 bits per heavy atom. The first-order valence-electron chi connectivity index (χ1n) is 6.11. The van der Waals surface area contributed by atoms with Crippen LogP contribution in [0.15, 0.2) is 23.4 Å². The summed E-state index contributed by atoms with van der Waals surface area (Å²) in [6.45, 7) is 2.17. The molecule has 0 unspecified atom stereocenters. The highest BCUT2D eigenvalue weighted by atomic mass is 32.2. The molecule has 1 saturated heterocycles. The van der Waals surface area contributed by atoms with Gasteiger partial charge in [-0.3, -0.25) is 4.79 Å². The Bertz CT molecular complexity index is 583. The molecule has 0 amide bonds. The number of aryl methyl sites for hydroxylation is 1. The quantitative estimate of drug-likeness (QED) is 0.895. The second-order valence-corrected chi connectivity index (χ2v) is 7.22. The smallest absolute Gasteiger partial charge is 0.309 e. The van der Waals surface area contributed by atoms with Crippen LogP contribution in [0.25, 0.3) is 0 Å². The van der Waals surface area contributed by atoms with Crippen molar-refractivity contribution in [1.82, 2.24) is 8.87 Å². The van der Waals surface area contributed by atoms with Crippen molar-refractivity contribution in [1.29, 1.82) is 0 Å². The van der Waals surface area contributed by atoms with Gasteiger partial charge in [-0.15, -0.1) is 0 Å². The fourth-order valence-corrected chi connectivity index (χ4v) is 3.71. The summed E-state index contributed by atoms with van der Waals surface area (Å²) >= 11 is 0. The highest BCUT2D eigenvalue weighted by molar-refractivity contribution is 7.89. The monoisotopic (exact) mass is 286 g/mol. The molecule has 0 aliphatic carbocycles. The second-order valence-electron chi connectivity index (χ2n) is 5.28. The first-order chi connectivity index (χ1) is 8.75. The molecule has 1 N–H and O–H groups in total. The first kappa shape index (κ1) is 14.1. The molecule has 106 valence electrons. The average Bonchev–Trinajstić information content (AvgIpc) is 2.77. The number of carbonyl (C=O) groups is 1. The highest BCUT2D eigenvalue weighted by Gasteiger charge is 2.40. The van der Waals surface area contributed by atoms with Gasteiger partial charge in [-0.05, 0) is 25.8 Å². The van der Waals surface area contributed by atoms with E-state index in [9.17, 15) is 13.2 Å². The lowest BCUT2D eigenvalue weighted by Gasteiger charge is -2.35. The second kappa shape index (κ2) is 4.64. The summed E-state index contributed by atoms with van der Waals surface area (Å²) in [6, 6.07) is 1.56. The molecule has 0 aromatic carbocycles. The maximum Gasteiger partial charge on any atom is 0.309 e. The van der Waals surface area contributed by atoms with Crippen LogP contribution >= 0.6 is 0 Å². The van der Waals surface area contributed by atoms with Crippen molar-refractivity contribution in [2.75, 3.05) is 13.1 Å². The van der Waals surface area contributed by atoms with E-state index in [0.29, 0.717) is 12.8 Å². The van der Waals surface area contributed by atoms with Gasteiger partial charge in [0.15, 0.2) is 0 Å². The lowest BCUT2D eigenvalue weighted by molar-refractivity contribution is -0.150. The van der Waals surface area contributed by atoms with Crippen molar-refractivity contribution in [2.45, 2.75) is 24.7 Å². The Hall–Kier alpha value is -1.34. The molecule has 6 nitrogen and oxygen atoms in total. The van der Waals surface area contributed by atoms with Crippen LogP contribution in [0.4, 0.5) is 0 Å². The van der Waals surface area contributed by atoms with Crippen LogP contribution in [0.1, 0.15) is 19.8 Å². The van der Waals surface area contributed by atoms with Gasteiger partial charge in [0.2, 0.25) is 10.0 Å². The fourth-order valence-electron chi connectivity index (χ4n) is 2.21. The number of piperidine rings is 1. The van der Waals surface area contributed by atoms with Gasteiger partial charge in [0.25, 0.3) is 0 Å². The molecule has 1 aliphatic heterocycles. The van der Waals surface area contributed by atoms with Crippen molar-refractivity contribution in [2.24, 2.45) is 12.5 Å². The van der Waals surface area contributed by atoms with Gasteiger partial charge in [-0.1, -0.05) is 0 Å². The molecular weight excluding hydrogens is 268 g/mol. The molecule has 0 atom stereocenters. The van der Waals surface area contributed by atoms with Gasteiger partial charge in [0, 0.05) is 32.5 Å². The van der Waals surface area contributed by atoms with E-state index in [1.807, 2.05) is 0 Å². The molecule has 0 spiro atoms. The Labute approximate surface area is 112 Å². The van der Waals surface area contributed by atoms with Crippen LogP contribution in [0.3, 0.4) is 0 Å². The lowest BCUT2D eigenvalue weighted by atomic mass is 9.81. The van der Waals surface area contributed by atoms with Gasteiger partial charge in [-0.25, -0.2) is 8.42 Å². The molecule has 1 aromatic heterocycles. The Morgan fingerprint density at radius 1 is 1.37 bits per heavy atom. The largest absolute Gasteiger partial charge is 0.481 e. The summed E-state index contributed by atoms with van der Waals surface area (Å²) in [5, 5.41) is 9.14. The number of aliphatic carboxylic acids is 1. The van der Waals surface area contributed by atoms with E-state index in [1.165, 1.54) is 4.31 Å². The SMILES string of the molecule is Cn1ccc(S(=O)(=O)N2CCC(C)(C(=O)O)CC2)c1. The van der Waals surface area contributed by atoms with Crippen molar-refractivity contribution in [3.63, 3.8) is 0 Å². The van der Waals surface area contributed by atoms with Crippen molar-refractivity contribution in [3.8, 4) is 0 Å². The van der Waals surface area contributed by atoms with Crippen LogP contribution in [-0.4, -0.2) is 41.5 Å². The molecule has 1 aromatic rings. The van der Waals surface area contributed by atoms with Gasteiger partial charge >= 0.3 is 5.97 Å². The minimum atomic E-state index is -3.50. The summed E-state index contributed by atoms with van der Waals surface area (Å²) < 4.78 is 27.7. The van der Waals surface area contributed by atoms with Crippen molar-refractivity contribution >= 4 is 16.0 Å². The van der Waals surface area contributed by atoms with E-state index >= 15 is 0 Å². The fraction of sp³-hybridized carbons (Fsp3) is 0.583. The van der Waals surface area contributed by atoms with Crippen LogP contribution in [0.2, 0.25) is 0 Å².